The lowest BCUT2D eigenvalue weighted by Crippen LogP contribution is -2.80. The summed E-state index contributed by atoms with van der Waals surface area (Å²) in [5.74, 6) is 1.06. The van der Waals surface area contributed by atoms with Crippen molar-refractivity contribution < 1.29 is 9.53 Å². The summed E-state index contributed by atoms with van der Waals surface area (Å²) in [4.78, 5) is 12.5. The van der Waals surface area contributed by atoms with E-state index in [9.17, 15) is 4.79 Å². The predicted octanol–water partition coefficient (Wildman–Crippen LogP) is 1.44. The van der Waals surface area contributed by atoms with E-state index in [-0.39, 0.29) is 23.3 Å². The van der Waals surface area contributed by atoms with Gasteiger partial charge in [-0.15, -0.1) is 0 Å². The van der Waals surface area contributed by atoms with Crippen LogP contribution in [0.4, 0.5) is 0 Å². The largest absolute Gasteiger partial charge is 0.377 e. The second-order valence-corrected chi connectivity index (χ2v) is 7.12. The number of rotatable bonds is 4. The topological polar surface area (TPSA) is 64.3 Å². The van der Waals surface area contributed by atoms with Crippen LogP contribution in [0.15, 0.2) is 0 Å². The highest BCUT2D eigenvalue weighted by Crippen LogP contribution is 2.58. The van der Waals surface area contributed by atoms with Crippen molar-refractivity contribution >= 4 is 5.91 Å². The van der Waals surface area contributed by atoms with Crippen LogP contribution in [-0.4, -0.2) is 30.7 Å². The molecule has 3 N–H and O–H groups in total. The summed E-state index contributed by atoms with van der Waals surface area (Å²) in [7, 11) is 0. The third kappa shape index (κ3) is 1.76. The Morgan fingerprint density at radius 1 is 1.37 bits per heavy atom. The Balaban J connectivity index is 1.58. The first-order valence-electron chi connectivity index (χ1n) is 7.66. The molecule has 4 heteroatoms. The third-order valence-corrected chi connectivity index (χ3v) is 5.89. The zero-order valence-electron chi connectivity index (χ0n) is 12.1. The molecule has 4 nitrogen and oxygen atoms in total. The Morgan fingerprint density at radius 2 is 2.11 bits per heavy atom. The second kappa shape index (κ2) is 4.45. The van der Waals surface area contributed by atoms with Crippen molar-refractivity contribution in [3.63, 3.8) is 0 Å². The molecule has 0 spiro atoms. The SMILES string of the molecule is CC1(C)C2OCCC2C1(N)C(=O)NCCC1CCC1. The summed E-state index contributed by atoms with van der Waals surface area (Å²) in [6, 6.07) is 0. The number of nitrogens with two attached hydrogens (primary N) is 1. The molecule has 2 saturated carbocycles. The molecule has 19 heavy (non-hydrogen) atoms. The fourth-order valence-electron chi connectivity index (χ4n) is 4.16. The number of carbonyl (C=O) groups excluding carboxylic acids is 1. The molecule has 108 valence electrons. The van der Waals surface area contributed by atoms with Gasteiger partial charge >= 0.3 is 0 Å². The molecule has 0 radical (unpaired) electrons. The van der Waals surface area contributed by atoms with Gasteiger partial charge < -0.3 is 15.8 Å². The van der Waals surface area contributed by atoms with Gasteiger partial charge in [-0.2, -0.15) is 0 Å². The third-order valence-electron chi connectivity index (χ3n) is 5.89. The Morgan fingerprint density at radius 3 is 2.74 bits per heavy atom. The van der Waals surface area contributed by atoms with Crippen LogP contribution in [0.25, 0.3) is 0 Å². The average Bonchev–Trinajstić information content (AvgIpc) is 2.78. The highest BCUT2D eigenvalue weighted by molar-refractivity contribution is 5.89. The van der Waals surface area contributed by atoms with Gasteiger partial charge in [0.2, 0.25) is 5.91 Å². The molecule has 2 aliphatic carbocycles. The lowest BCUT2D eigenvalue weighted by Gasteiger charge is -2.60. The van der Waals surface area contributed by atoms with Gasteiger partial charge in [0.15, 0.2) is 0 Å². The minimum Gasteiger partial charge on any atom is -0.377 e. The molecule has 0 bridgehead atoms. The zero-order valence-corrected chi connectivity index (χ0v) is 12.1. The highest BCUT2D eigenvalue weighted by atomic mass is 16.5. The number of fused-ring (bicyclic) bond motifs is 1. The highest BCUT2D eigenvalue weighted by Gasteiger charge is 2.71. The zero-order chi connectivity index (χ0) is 13.7. The number of hydrogen-bond acceptors (Lipinski definition) is 3. The van der Waals surface area contributed by atoms with Crippen molar-refractivity contribution in [2.45, 2.75) is 57.6 Å². The molecule has 0 aromatic carbocycles. The first-order valence-corrected chi connectivity index (χ1v) is 7.66. The molecule has 1 saturated heterocycles. The number of amides is 1. The maximum Gasteiger partial charge on any atom is 0.241 e. The number of carbonyl (C=O) groups is 1. The lowest BCUT2D eigenvalue weighted by molar-refractivity contribution is -0.175. The van der Waals surface area contributed by atoms with Gasteiger partial charge in [0, 0.05) is 24.5 Å². The van der Waals surface area contributed by atoms with Crippen LogP contribution in [0.1, 0.15) is 46.0 Å². The van der Waals surface area contributed by atoms with Crippen molar-refractivity contribution in [3.8, 4) is 0 Å². The summed E-state index contributed by atoms with van der Waals surface area (Å²) in [6.07, 6.45) is 6.19. The van der Waals surface area contributed by atoms with E-state index in [0.29, 0.717) is 0 Å². The summed E-state index contributed by atoms with van der Waals surface area (Å²) in [5, 5.41) is 3.07. The van der Waals surface area contributed by atoms with Crippen LogP contribution in [0, 0.1) is 17.3 Å². The van der Waals surface area contributed by atoms with E-state index < -0.39 is 5.54 Å². The van der Waals surface area contributed by atoms with Crippen LogP contribution in [0.3, 0.4) is 0 Å². The molecule has 1 heterocycles. The minimum absolute atomic E-state index is 0.0311. The Bertz CT molecular complexity index is 378. The summed E-state index contributed by atoms with van der Waals surface area (Å²) < 4.78 is 5.72. The standard InChI is InChI=1S/C15H26N2O2/c1-14(2)12-11(7-9-19-12)15(14,16)13(18)17-8-6-10-4-3-5-10/h10-12H,3-9,16H2,1-2H3,(H,17,18). The number of hydrogen-bond donors (Lipinski definition) is 2. The van der Waals surface area contributed by atoms with Crippen LogP contribution in [-0.2, 0) is 9.53 Å². The van der Waals surface area contributed by atoms with Gasteiger partial charge in [-0.25, -0.2) is 0 Å². The van der Waals surface area contributed by atoms with Gasteiger partial charge in [0.1, 0.15) is 5.54 Å². The number of ether oxygens (including phenoxy) is 1. The monoisotopic (exact) mass is 266 g/mol. The van der Waals surface area contributed by atoms with E-state index in [4.69, 9.17) is 10.5 Å². The molecule has 3 aliphatic rings. The van der Waals surface area contributed by atoms with E-state index in [1.54, 1.807) is 0 Å². The predicted molar refractivity (Wildman–Crippen MR) is 73.5 cm³/mol. The summed E-state index contributed by atoms with van der Waals surface area (Å²) in [6.45, 7) is 5.64. The fourth-order valence-corrected chi connectivity index (χ4v) is 4.16. The van der Waals surface area contributed by atoms with Crippen LogP contribution in [0.5, 0.6) is 0 Å². The molecule has 0 aromatic heterocycles. The van der Waals surface area contributed by atoms with E-state index in [1.807, 2.05) is 0 Å². The molecule has 3 unspecified atom stereocenters. The molecule has 3 rings (SSSR count). The first-order chi connectivity index (χ1) is 8.98. The first kappa shape index (κ1) is 13.4. The minimum atomic E-state index is -0.742. The van der Waals surface area contributed by atoms with E-state index in [2.05, 4.69) is 19.2 Å². The Hall–Kier alpha value is -0.610. The smallest absolute Gasteiger partial charge is 0.241 e. The van der Waals surface area contributed by atoms with Crippen molar-refractivity contribution in [1.82, 2.24) is 5.32 Å². The Kier molecular flexibility index (Phi) is 3.13. The van der Waals surface area contributed by atoms with Crippen molar-refractivity contribution in [2.24, 2.45) is 23.0 Å². The fraction of sp³-hybridized carbons (Fsp3) is 0.933. The number of nitrogens with one attached hydrogen (secondary N) is 1. The molecule has 3 atom stereocenters. The van der Waals surface area contributed by atoms with Crippen LogP contribution < -0.4 is 11.1 Å². The molecule has 3 fully saturated rings. The van der Waals surface area contributed by atoms with Gasteiger partial charge in [-0.3, -0.25) is 4.79 Å². The molecular weight excluding hydrogens is 240 g/mol. The molecule has 1 amide bonds. The van der Waals surface area contributed by atoms with Crippen LogP contribution in [0.2, 0.25) is 0 Å². The van der Waals surface area contributed by atoms with Gasteiger partial charge in [-0.05, 0) is 18.8 Å². The van der Waals surface area contributed by atoms with E-state index in [0.717, 1.165) is 31.9 Å². The van der Waals surface area contributed by atoms with E-state index in [1.165, 1.54) is 19.3 Å². The molecule has 0 aromatic rings. The second-order valence-electron chi connectivity index (χ2n) is 7.12. The van der Waals surface area contributed by atoms with Crippen LogP contribution >= 0.6 is 0 Å². The maximum absolute atomic E-state index is 12.5. The molecule has 1 aliphatic heterocycles. The van der Waals surface area contributed by atoms with Gasteiger partial charge in [-0.1, -0.05) is 33.1 Å². The quantitative estimate of drug-likeness (QED) is 0.809. The average molecular weight is 266 g/mol. The van der Waals surface area contributed by atoms with Gasteiger partial charge in [0.25, 0.3) is 0 Å². The Labute approximate surface area is 115 Å². The lowest BCUT2D eigenvalue weighted by atomic mass is 9.48. The van der Waals surface area contributed by atoms with Crippen molar-refractivity contribution in [1.29, 1.82) is 0 Å². The van der Waals surface area contributed by atoms with Gasteiger partial charge in [0.05, 0.1) is 6.10 Å². The maximum atomic E-state index is 12.5. The normalized spacial score (nSPS) is 40.2. The van der Waals surface area contributed by atoms with E-state index >= 15 is 0 Å². The summed E-state index contributed by atoms with van der Waals surface area (Å²) in [5.41, 5.74) is 5.48. The molecular formula is C15H26N2O2. The summed E-state index contributed by atoms with van der Waals surface area (Å²) >= 11 is 0. The van der Waals surface area contributed by atoms with Crippen molar-refractivity contribution in [2.75, 3.05) is 13.2 Å². The van der Waals surface area contributed by atoms with Crippen molar-refractivity contribution in [3.05, 3.63) is 0 Å².